The first kappa shape index (κ1) is 12.6. The van der Waals surface area contributed by atoms with Gasteiger partial charge in [-0.15, -0.1) is 0 Å². The number of hydrogen-bond acceptors (Lipinski definition) is 4. The second kappa shape index (κ2) is 5.65. The van der Waals surface area contributed by atoms with Crippen LogP contribution in [0.1, 0.15) is 12.5 Å². The number of amides is 1. The van der Waals surface area contributed by atoms with E-state index >= 15 is 0 Å². The van der Waals surface area contributed by atoms with Gasteiger partial charge in [0.1, 0.15) is 11.6 Å². The van der Waals surface area contributed by atoms with Gasteiger partial charge in [0.05, 0.1) is 5.69 Å². The molecule has 1 aromatic carbocycles. The van der Waals surface area contributed by atoms with Crippen LogP contribution < -0.4 is 10.1 Å². The van der Waals surface area contributed by atoms with Crippen molar-refractivity contribution in [1.82, 2.24) is 4.98 Å². The Kier molecular flexibility index (Phi) is 3.74. The van der Waals surface area contributed by atoms with Gasteiger partial charge in [0.25, 0.3) is 0 Å². The van der Waals surface area contributed by atoms with Crippen LogP contribution in [0.2, 0.25) is 0 Å². The predicted octanol–water partition coefficient (Wildman–Crippen LogP) is 2.70. The molecule has 5 nitrogen and oxygen atoms in total. The van der Waals surface area contributed by atoms with E-state index in [-0.39, 0.29) is 11.8 Å². The first-order valence-electron chi connectivity index (χ1n) is 5.60. The van der Waals surface area contributed by atoms with Gasteiger partial charge in [-0.3, -0.25) is 4.79 Å². The number of carbonyl (C=O) groups excluding carboxylic acids is 1. The van der Waals surface area contributed by atoms with E-state index < -0.39 is 0 Å². The molecule has 19 heavy (non-hydrogen) atoms. The molecule has 0 bridgehead atoms. The highest BCUT2D eigenvalue weighted by Gasteiger charge is 2.09. The van der Waals surface area contributed by atoms with Crippen molar-refractivity contribution in [2.75, 3.05) is 5.32 Å². The van der Waals surface area contributed by atoms with Crippen LogP contribution in [0.25, 0.3) is 0 Å². The summed E-state index contributed by atoms with van der Waals surface area (Å²) >= 11 is 0. The lowest BCUT2D eigenvalue weighted by atomic mass is 10.2. The molecule has 5 heteroatoms. The molecule has 1 amide bonds. The lowest BCUT2D eigenvalue weighted by Crippen LogP contribution is -2.07. The molecule has 0 fully saturated rings. The Labute approximate surface area is 110 Å². The number of para-hydroxylation sites is 2. The van der Waals surface area contributed by atoms with Crippen LogP contribution in [0, 0.1) is 11.3 Å². The zero-order valence-corrected chi connectivity index (χ0v) is 10.3. The molecule has 0 spiro atoms. The van der Waals surface area contributed by atoms with E-state index in [9.17, 15) is 4.79 Å². The Hall–Kier alpha value is -2.87. The fraction of sp³-hybridized carbons (Fsp3) is 0.0714. The van der Waals surface area contributed by atoms with Crippen LogP contribution in [0.3, 0.4) is 0 Å². The van der Waals surface area contributed by atoms with Crippen molar-refractivity contribution < 1.29 is 9.53 Å². The largest absolute Gasteiger partial charge is 0.435 e. The summed E-state index contributed by atoms with van der Waals surface area (Å²) < 4.78 is 5.58. The number of nitrogens with zero attached hydrogens (tertiary/aromatic N) is 2. The number of pyridine rings is 1. The van der Waals surface area contributed by atoms with E-state index in [2.05, 4.69) is 10.3 Å². The third-order valence-corrected chi connectivity index (χ3v) is 2.30. The molecule has 0 saturated heterocycles. The smallest absolute Gasteiger partial charge is 0.237 e. The van der Waals surface area contributed by atoms with Crippen LogP contribution in [-0.2, 0) is 4.79 Å². The Morgan fingerprint density at radius 1 is 1.32 bits per heavy atom. The minimum absolute atomic E-state index is 0.197. The molecule has 0 radical (unpaired) electrons. The van der Waals surface area contributed by atoms with Crippen molar-refractivity contribution in [3.63, 3.8) is 0 Å². The summed E-state index contributed by atoms with van der Waals surface area (Å²) in [5.74, 6) is 0.452. The van der Waals surface area contributed by atoms with Gasteiger partial charge in [0, 0.05) is 13.1 Å². The standard InChI is InChI=1S/C14H11N3O2/c1-10(18)17-12-6-2-3-7-13(12)19-14-11(9-15)5-4-8-16-14/h2-8H,1H3,(H,17,18). The number of aromatic nitrogens is 1. The summed E-state index contributed by atoms with van der Waals surface area (Å²) in [7, 11) is 0. The van der Waals surface area contributed by atoms with Gasteiger partial charge in [-0.05, 0) is 24.3 Å². The molecule has 0 aliphatic heterocycles. The van der Waals surface area contributed by atoms with E-state index in [4.69, 9.17) is 10.00 Å². The van der Waals surface area contributed by atoms with Gasteiger partial charge >= 0.3 is 0 Å². The van der Waals surface area contributed by atoms with Crippen molar-refractivity contribution >= 4 is 11.6 Å². The third-order valence-electron chi connectivity index (χ3n) is 2.30. The maximum absolute atomic E-state index is 11.1. The second-order valence-corrected chi connectivity index (χ2v) is 3.75. The van der Waals surface area contributed by atoms with Gasteiger partial charge < -0.3 is 10.1 Å². The minimum atomic E-state index is -0.197. The maximum atomic E-state index is 11.1. The highest BCUT2D eigenvalue weighted by atomic mass is 16.5. The number of rotatable bonds is 3. The molecule has 1 aromatic heterocycles. The molecule has 2 rings (SSSR count). The van der Waals surface area contributed by atoms with Gasteiger partial charge in [-0.25, -0.2) is 4.98 Å². The van der Waals surface area contributed by atoms with Crippen LogP contribution in [0.15, 0.2) is 42.6 Å². The third kappa shape index (κ3) is 3.07. The number of anilines is 1. The molecular weight excluding hydrogens is 242 g/mol. The molecule has 2 aromatic rings. The predicted molar refractivity (Wildman–Crippen MR) is 69.8 cm³/mol. The van der Waals surface area contributed by atoms with Crippen LogP contribution >= 0.6 is 0 Å². The molecular formula is C14H11N3O2. The zero-order valence-electron chi connectivity index (χ0n) is 10.3. The molecule has 1 heterocycles. The van der Waals surface area contributed by atoms with Crippen molar-refractivity contribution in [2.45, 2.75) is 6.92 Å². The number of carbonyl (C=O) groups is 1. The Morgan fingerprint density at radius 3 is 2.84 bits per heavy atom. The monoisotopic (exact) mass is 253 g/mol. The number of benzene rings is 1. The molecule has 0 atom stereocenters. The number of nitriles is 1. The highest BCUT2D eigenvalue weighted by molar-refractivity contribution is 5.90. The van der Waals surface area contributed by atoms with E-state index in [0.29, 0.717) is 17.0 Å². The van der Waals surface area contributed by atoms with Crippen molar-refractivity contribution in [2.24, 2.45) is 0 Å². The van der Waals surface area contributed by atoms with E-state index in [1.165, 1.54) is 13.1 Å². The fourth-order valence-electron chi connectivity index (χ4n) is 1.51. The van der Waals surface area contributed by atoms with E-state index in [0.717, 1.165) is 0 Å². The number of ether oxygens (including phenoxy) is 1. The molecule has 0 saturated carbocycles. The summed E-state index contributed by atoms with van der Waals surface area (Å²) in [4.78, 5) is 15.1. The molecule has 0 aliphatic rings. The first-order valence-corrected chi connectivity index (χ1v) is 5.60. The summed E-state index contributed by atoms with van der Waals surface area (Å²) in [6, 6.07) is 12.2. The Bertz CT molecular complexity index is 647. The van der Waals surface area contributed by atoms with Gasteiger partial charge in [-0.1, -0.05) is 12.1 Å². The highest BCUT2D eigenvalue weighted by Crippen LogP contribution is 2.29. The molecule has 1 N–H and O–H groups in total. The summed E-state index contributed by atoms with van der Waals surface area (Å²) in [6.45, 7) is 1.41. The average Bonchev–Trinajstić information content (AvgIpc) is 2.41. The average molecular weight is 253 g/mol. The summed E-state index contributed by atoms with van der Waals surface area (Å²) in [6.07, 6.45) is 1.54. The maximum Gasteiger partial charge on any atom is 0.237 e. The summed E-state index contributed by atoms with van der Waals surface area (Å²) in [5, 5.41) is 11.6. The topological polar surface area (TPSA) is 75.0 Å². The molecule has 0 aliphatic carbocycles. The van der Waals surface area contributed by atoms with Crippen LogP contribution in [-0.4, -0.2) is 10.9 Å². The van der Waals surface area contributed by atoms with Crippen molar-refractivity contribution in [1.29, 1.82) is 5.26 Å². The van der Waals surface area contributed by atoms with Gasteiger partial charge in [0.15, 0.2) is 5.75 Å². The Morgan fingerprint density at radius 2 is 2.11 bits per heavy atom. The molecule has 94 valence electrons. The van der Waals surface area contributed by atoms with Crippen LogP contribution in [0.4, 0.5) is 5.69 Å². The SMILES string of the molecule is CC(=O)Nc1ccccc1Oc1ncccc1C#N. The van der Waals surface area contributed by atoms with Crippen molar-refractivity contribution in [3.8, 4) is 17.7 Å². The number of nitrogens with one attached hydrogen (secondary N) is 1. The second-order valence-electron chi connectivity index (χ2n) is 3.75. The lowest BCUT2D eigenvalue weighted by molar-refractivity contribution is -0.114. The quantitative estimate of drug-likeness (QED) is 0.912. The van der Waals surface area contributed by atoms with Gasteiger partial charge in [0.2, 0.25) is 11.8 Å². The summed E-state index contributed by atoms with van der Waals surface area (Å²) in [5.41, 5.74) is 0.865. The fourth-order valence-corrected chi connectivity index (χ4v) is 1.51. The van der Waals surface area contributed by atoms with E-state index in [1.54, 1.807) is 36.4 Å². The Balaban J connectivity index is 2.33. The van der Waals surface area contributed by atoms with Crippen LogP contribution in [0.5, 0.6) is 11.6 Å². The lowest BCUT2D eigenvalue weighted by Gasteiger charge is -2.10. The minimum Gasteiger partial charge on any atom is -0.435 e. The zero-order chi connectivity index (χ0) is 13.7. The van der Waals surface area contributed by atoms with Crippen molar-refractivity contribution in [3.05, 3.63) is 48.2 Å². The first-order chi connectivity index (χ1) is 9.20. The van der Waals surface area contributed by atoms with E-state index in [1.807, 2.05) is 6.07 Å². The normalized spacial score (nSPS) is 9.47. The van der Waals surface area contributed by atoms with Gasteiger partial charge in [-0.2, -0.15) is 5.26 Å². The number of hydrogen-bond donors (Lipinski definition) is 1. The molecule has 0 unspecified atom stereocenters.